The van der Waals surface area contributed by atoms with Crippen LogP contribution in [0, 0.1) is 0 Å². The van der Waals surface area contributed by atoms with Gasteiger partial charge in [0.05, 0.1) is 17.8 Å². The summed E-state index contributed by atoms with van der Waals surface area (Å²) in [7, 11) is 0. The Labute approximate surface area is 116 Å². The number of aromatic carboxylic acids is 1. The third-order valence-electron chi connectivity index (χ3n) is 3.57. The van der Waals surface area contributed by atoms with Gasteiger partial charge in [-0.2, -0.15) is 0 Å². The summed E-state index contributed by atoms with van der Waals surface area (Å²) in [5.74, 6) is -0.856. The van der Waals surface area contributed by atoms with Gasteiger partial charge in [0.2, 0.25) is 0 Å². The van der Waals surface area contributed by atoms with Crippen LogP contribution in [0.25, 0.3) is 0 Å². The number of carboxylic acid groups (broad SMARTS) is 1. The van der Waals surface area contributed by atoms with Crippen molar-refractivity contribution in [3.8, 4) is 0 Å². The SMILES string of the molecule is O=C(O)c1cccc2c1CCCN2Cc1ccncn1. The first kappa shape index (κ1) is 12.6. The highest BCUT2D eigenvalue weighted by Gasteiger charge is 2.22. The molecule has 1 aliphatic rings. The molecule has 2 heterocycles. The molecule has 1 N–H and O–H groups in total. The van der Waals surface area contributed by atoms with E-state index in [-0.39, 0.29) is 0 Å². The predicted molar refractivity (Wildman–Crippen MR) is 74.8 cm³/mol. The molecule has 0 aliphatic carbocycles. The minimum Gasteiger partial charge on any atom is -0.478 e. The molecular weight excluding hydrogens is 254 g/mol. The monoisotopic (exact) mass is 269 g/mol. The highest BCUT2D eigenvalue weighted by Crippen LogP contribution is 2.30. The average molecular weight is 269 g/mol. The van der Waals surface area contributed by atoms with E-state index < -0.39 is 5.97 Å². The molecule has 2 aromatic rings. The fourth-order valence-corrected chi connectivity index (χ4v) is 2.67. The smallest absolute Gasteiger partial charge is 0.336 e. The van der Waals surface area contributed by atoms with E-state index >= 15 is 0 Å². The maximum atomic E-state index is 11.3. The zero-order chi connectivity index (χ0) is 13.9. The van der Waals surface area contributed by atoms with Gasteiger partial charge in [0.25, 0.3) is 0 Å². The number of carboxylic acids is 1. The molecule has 0 unspecified atom stereocenters. The van der Waals surface area contributed by atoms with E-state index in [0.717, 1.165) is 36.3 Å². The van der Waals surface area contributed by atoms with E-state index in [1.807, 2.05) is 12.1 Å². The van der Waals surface area contributed by atoms with Crippen LogP contribution in [0.3, 0.4) is 0 Å². The molecule has 0 bridgehead atoms. The second kappa shape index (κ2) is 5.28. The molecule has 3 rings (SSSR count). The number of rotatable bonds is 3. The second-order valence-corrected chi connectivity index (χ2v) is 4.83. The summed E-state index contributed by atoms with van der Waals surface area (Å²) in [4.78, 5) is 21.6. The third kappa shape index (κ3) is 2.34. The number of fused-ring (bicyclic) bond motifs is 1. The lowest BCUT2D eigenvalue weighted by atomic mass is 9.96. The quantitative estimate of drug-likeness (QED) is 0.924. The highest BCUT2D eigenvalue weighted by atomic mass is 16.4. The fourth-order valence-electron chi connectivity index (χ4n) is 2.67. The molecule has 0 radical (unpaired) electrons. The molecule has 0 spiro atoms. The molecule has 1 aliphatic heterocycles. The van der Waals surface area contributed by atoms with Crippen LogP contribution in [0.2, 0.25) is 0 Å². The summed E-state index contributed by atoms with van der Waals surface area (Å²) in [5.41, 5.74) is 3.29. The minimum absolute atomic E-state index is 0.412. The Hall–Kier alpha value is -2.43. The maximum Gasteiger partial charge on any atom is 0.336 e. The minimum atomic E-state index is -0.856. The van der Waals surface area contributed by atoms with E-state index in [1.165, 1.54) is 6.33 Å². The van der Waals surface area contributed by atoms with Crippen molar-refractivity contribution in [2.24, 2.45) is 0 Å². The zero-order valence-corrected chi connectivity index (χ0v) is 11.0. The molecular formula is C15H15N3O2. The van der Waals surface area contributed by atoms with E-state index in [9.17, 15) is 9.90 Å². The molecule has 0 saturated heterocycles. The summed E-state index contributed by atoms with van der Waals surface area (Å²) < 4.78 is 0. The lowest BCUT2D eigenvalue weighted by Gasteiger charge is -2.31. The summed E-state index contributed by atoms with van der Waals surface area (Å²) in [6.45, 7) is 1.60. The van der Waals surface area contributed by atoms with Crippen LogP contribution >= 0.6 is 0 Å². The first-order valence-corrected chi connectivity index (χ1v) is 6.61. The molecule has 20 heavy (non-hydrogen) atoms. The van der Waals surface area contributed by atoms with Crippen molar-refractivity contribution in [1.29, 1.82) is 0 Å². The van der Waals surface area contributed by atoms with Gasteiger partial charge in [0.15, 0.2) is 0 Å². The second-order valence-electron chi connectivity index (χ2n) is 4.83. The van der Waals surface area contributed by atoms with E-state index in [1.54, 1.807) is 18.3 Å². The van der Waals surface area contributed by atoms with Gasteiger partial charge < -0.3 is 10.0 Å². The lowest BCUT2D eigenvalue weighted by Crippen LogP contribution is -2.30. The van der Waals surface area contributed by atoms with Crippen molar-refractivity contribution in [1.82, 2.24) is 9.97 Å². The zero-order valence-electron chi connectivity index (χ0n) is 11.0. The Balaban J connectivity index is 1.94. The number of aromatic nitrogens is 2. The van der Waals surface area contributed by atoms with Gasteiger partial charge in [-0.1, -0.05) is 6.07 Å². The van der Waals surface area contributed by atoms with Gasteiger partial charge in [-0.05, 0) is 36.6 Å². The topological polar surface area (TPSA) is 66.3 Å². The van der Waals surface area contributed by atoms with Crippen LogP contribution in [0.1, 0.15) is 28.0 Å². The van der Waals surface area contributed by atoms with Crippen LogP contribution in [-0.2, 0) is 13.0 Å². The van der Waals surface area contributed by atoms with Crippen molar-refractivity contribution in [2.75, 3.05) is 11.4 Å². The van der Waals surface area contributed by atoms with Crippen molar-refractivity contribution in [3.63, 3.8) is 0 Å². The molecule has 1 aromatic carbocycles. The summed E-state index contributed by atoms with van der Waals surface area (Å²) >= 11 is 0. The van der Waals surface area contributed by atoms with Gasteiger partial charge in [-0.25, -0.2) is 14.8 Å². The fraction of sp³-hybridized carbons (Fsp3) is 0.267. The lowest BCUT2D eigenvalue weighted by molar-refractivity contribution is 0.0695. The first-order chi connectivity index (χ1) is 9.75. The molecule has 5 nitrogen and oxygen atoms in total. The normalized spacial score (nSPS) is 13.9. The molecule has 0 saturated carbocycles. The standard InChI is InChI=1S/C15H15N3O2/c19-15(20)13-3-1-5-14-12(13)4-2-8-18(14)9-11-6-7-16-10-17-11/h1,3,5-7,10H,2,4,8-9H2,(H,19,20). The van der Waals surface area contributed by atoms with Gasteiger partial charge >= 0.3 is 5.97 Å². The van der Waals surface area contributed by atoms with Gasteiger partial charge in [0.1, 0.15) is 6.33 Å². The van der Waals surface area contributed by atoms with Crippen molar-refractivity contribution in [2.45, 2.75) is 19.4 Å². The summed E-state index contributed by atoms with van der Waals surface area (Å²) in [5, 5.41) is 9.28. The number of hydrogen-bond donors (Lipinski definition) is 1. The van der Waals surface area contributed by atoms with Crippen molar-refractivity contribution >= 4 is 11.7 Å². The third-order valence-corrected chi connectivity index (χ3v) is 3.57. The Morgan fingerprint density at radius 2 is 2.25 bits per heavy atom. The van der Waals surface area contributed by atoms with Gasteiger partial charge in [-0.15, -0.1) is 0 Å². The Kier molecular flexibility index (Phi) is 3.33. The molecule has 0 atom stereocenters. The molecule has 0 fully saturated rings. The molecule has 0 amide bonds. The average Bonchev–Trinajstić information content (AvgIpc) is 2.48. The first-order valence-electron chi connectivity index (χ1n) is 6.61. The van der Waals surface area contributed by atoms with E-state index in [2.05, 4.69) is 14.9 Å². The summed E-state index contributed by atoms with van der Waals surface area (Å²) in [6.07, 6.45) is 5.04. The molecule has 102 valence electrons. The number of nitrogens with zero attached hydrogens (tertiary/aromatic N) is 3. The van der Waals surface area contributed by atoms with Crippen LogP contribution < -0.4 is 4.90 Å². The number of benzene rings is 1. The summed E-state index contributed by atoms with van der Waals surface area (Å²) in [6, 6.07) is 7.35. The Morgan fingerprint density at radius 3 is 3.00 bits per heavy atom. The van der Waals surface area contributed by atoms with Crippen molar-refractivity contribution in [3.05, 3.63) is 53.6 Å². The van der Waals surface area contributed by atoms with Crippen LogP contribution in [0.4, 0.5) is 5.69 Å². The molecule has 1 aromatic heterocycles. The van der Waals surface area contributed by atoms with Crippen molar-refractivity contribution < 1.29 is 9.90 Å². The predicted octanol–water partition coefficient (Wildman–Crippen LogP) is 2.13. The van der Waals surface area contributed by atoms with E-state index in [0.29, 0.717) is 12.1 Å². The largest absolute Gasteiger partial charge is 0.478 e. The Morgan fingerprint density at radius 1 is 1.35 bits per heavy atom. The highest BCUT2D eigenvalue weighted by molar-refractivity contribution is 5.91. The number of hydrogen-bond acceptors (Lipinski definition) is 4. The maximum absolute atomic E-state index is 11.3. The number of anilines is 1. The van der Waals surface area contributed by atoms with Gasteiger partial charge in [-0.3, -0.25) is 0 Å². The van der Waals surface area contributed by atoms with Crippen LogP contribution in [-0.4, -0.2) is 27.6 Å². The van der Waals surface area contributed by atoms with Gasteiger partial charge in [0, 0.05) is 18.4 Å². The van der Waals surface area contributed by atoms with Crippen LogP contribution in [0.5, 0.6) is 0 Å². The molecule has 5 heteroatoms. The van der Waals surface area contributed by atoms with E-state index in [4.69, 9.17) is 0 Å². The number of carbonyl (C=O) groups is 1. The Bertz CT molecular complexity index is 628. The van der Waals surface area contributed by atoms with Crippen LogP contribution in [0.15, 0.2) is 36.8 Å².